The Hall–Kier alpha value is -4.07. The number of aromatic nitrogens is 1. The molecule has 0 aliphatic carbocycles. The van der Waals surface area contributed by atoms with Crippen LogP contribution in [0.2, 0.25) is 0 Å². The standard InChI is InChI=1S/C25H21FN2O5/c1-31-22-9-7-16-13-28(25-27-19-11-17(26)8-10-21(19)33-25)20(24(29)30)12-18(16)23(22)32-14-15-5-3-2-4-6-15/h2-11,20H,12-14H2,1H3,(H,29,30). The average molecular weight is 448 g/mol. The molecule has 2 heterocycles. The topological polar surface area (TPSA) is 85.0 Å². The van der Waals surface area contributed by atoms with Crippen molar-refractivity contribution >= 4 is 23.1 Å². The van der Waals surface area contributed by atoms with Crippen molar-refractivity contribution in [1.82, 2.24) is 4.98 Å². The molecule has 5 rings (SSSR count). The van der Waals surface area contributed by atoms with Crippen molar-refractivity contribution in [3.63, 3.8) is 0 Å². The summed E-state index contributed by atoms with van der Waals surface area (Å²) < 4.78 is 31.0. The highest BCUT2D eigenvalue weighted by Crippen LogP contribution is 2.40. The SMILES string of the molecule is COc1ccc2c(c1OCc1ccccc1)CC(C(=O)O)N(c1nc3cc(F)ccc3o1)C2. The molecular weight excluding hydrogens is 427 g/mol. The maximum Gasteiger partial charge on any atom is 0.326 e. The lowest BCUT2D eigenvalue weighted by Crippen LogP contribution is -2.46. The summed E-state index contributed by atoms with van der Waals surface area (Å²) in [6.07, 6.45) is 0.166. The van der Waals surface area contributed by atoms with Gasteiger partial charge in [-0.25, -0.2) is 9.18 Å². The van der Waals surface area contributed by atoms with Gasteiger partial charge in [-0.15, -0.1) is 0 Å². The Morgan fingerprint density at radius 2 is 2.03 bits per heavy atom. The molecular formula is C25H21FN2O5. The van der Waals surface area contributed by atoms with Crippen LogP contribution in [0.15, 0.2) is 65.1 Å². The van der Waals surface area contributed by atoms with Gasteiger partial charge in [0, 0.05) is 24.6 Å². The van der Waals surface area contributed by atoms with Gasteiger partial charge in [0.25, 0.3) is 6.01 Å². The van der Waals surface area contributed by atoms with Gasteiger partial charge in [-0.1, -0.05) is 36.4 Å². The quantitative estimate of drug-likeness (QED) is 0.462. The summed E-state index contributed by atoms with van der Waals surface area (Å²) in [5.74, 6) is -0.386. The van der Waals surface area contributed by atoms with E-state index in [1.165, 1.54) is 18.2 Å². The Morgan fingerprint density at radius 3 is 2.79 bits per heavy atom. The van der Waals surface area contributed by atoms with Crippen LogP contribution >= 0.6 is 0 Å². The van der Waals surface area contributed by atoms with E-state index < -0.39 is 17.8 Å². The molecule has 0 radical (unpaired) electrons. The van der Waals surface area contributed by atoms with Crippen molar-refractivity contribution in [3.8, 4) is 11.5 Å². The zero-order valence-corrected chi connectivity index (χ0v) is 17.8. The number of benzene rings is 3. The van der Waals surface area contributed by atoms with Crippen LogP contribution < -0.4 is 14.4 Å². The zero-order valence-electron chi connectivity index (χ0n) is 17.8. The molecule has 0 fully saturated rings. The fourth-order valence-electron chi connectivity index (χ4n) is 4.10. The Kier molecular flexibility index (Phi) is 5.34. The van der Waals surface area contributed by atoms with E-state index in [9.17, 15) is 14.3 Å². The third-order valence-electron chi connectivity index (χ3n) is 5.75. The highest BCUT2D eigenvalue weighted by Gasteiger charge is 2.36. The number of hydrogen-bond acceptors (Lipinski definition) is 6. The number of hydrogen-bond donors (Lipinski definition) is 1. The third-order valence-corrected chi connectivity index (χ3v) is 5.75. The summed E-state index contributed by atoms with van der Waals surface area (Å²) in [5, 5.41) is 10.00. The Balaban J connectivity index is 1.52. The number of aliphatic carboxylic acids is 1. The van der Waals surface area contributed by atoms with E-state index in [0.717, 1.165) is 16.7 Å². The van der Waals surface area contributed by atoms with Gasteiger partial charge in [-0.05, 0) is 29.3 Å². The van der Waals surface area contributed by atoms with Gasteiger partial charge in [-0.2, -0.15) is 4.98 Å². The van der Waals surface area contributed by atoms with Crippen molar-refractivity contribution in [2.45, 2.75) is 25.6 Å². The largest absolute Gasteiger partial charge is 0.493 e. The Morgan fingerprint density at radius 1 is 1.21 bits per heavy atom. The van der Waals surface area contributed by atoms with Crippen LogP contribution in [0.1, 0.15) is 16.7 Å². The molecule has 0 saturated heterocycles. The van der Waals surface area contributed by atoms with Gasteiger partial charge in [0.2, 0.25) is 0 Å². The van der Waals surface area contributed by atoms with E-state index in [-0.39, 0.29) is 19.0 Å². The first-order valence-electron chi connectivity index (χ1n) is 10.4. The van der Waals surface area contributed by atoms with E-state index in [0.29, 0.717) is 29.2 Å². The first-order valence-corrected chi connectivity index (χ1v) is 10.4. The minimum absolute atomic E-state index is 0.135. The van der Waals surface area contributed by atoms with E-state index in [4.69, 9.17) is 13.9 Å². The first kappa shape index (κ1) is 20.8. The van der Waals surface area contributed by atoms with Crippen LogP contribution in [0.4, 0.5) is 10.4 Å². The van der Waals surface area contributed by atoms with Crippen LogP contribution in [0.5, 0.6) is 11.5 Å². The van der Waals surface area contributed by atoms with Gasteiger partial charge >= 0.3 is 5.97 Å². The van der Waals surface area contributed by atoms with Crippen molar-refractivity contribution in [3.05, 3.63) is 83.2 Å². The summed E-state index contributed by atoms with van der Waals surface area (Å²) in [7, 11) is 1.55. The van der Waals surface area contributed by atoms with Crippen LogP contribution in [0.3, 0.4) is 0 Å². The van der Waals surface area contributed by atoms with Gasteiger partial charge in [0.15, 0.2) is 17.1 Å². The van der Waals surface area contributed by atoms with E-state index in [2.05, 4.69) is 4.98 Å². The van der Waals surface area contributed by atoms with Crippen molar-refractivity contribution in [1.29, 1.82) is 0 Å². The molecule has 0 amide bonds. The average Bonchev–Trinajstić information content (AvgIpc) is 3.25. The Labute approximate surface area is 189 Å². The minimum Gasteiger partial charge on any atom is -0.493 e. The molecule has 1 N–H and O–H groups in total. The van der Waals surface area contributed by atoms with Gasteiger partial charge in [0.1, 0.15) is 24.0 Å². The van der Waals surface area contributed by atoms with Crippen LogP contribution in [-0.4, -0.2) is 29.2 Å². The highest BCUT2D eigenvalue weighted by molar-refractivity contribution is 5.81. The lowest BCUT2D eigenvalue weighted by atomic mass is 9.93. The molecule has 1 atom stereocenters. The van der Waals surface area contributed by atoms with Crippen molar-refractivity contribution in [2.24, 2.45) is 0 Å². The maximum atomic E-state index is 13.6. The van der Waals surface area contributed by atoms with Crippen LogP contribution in [0.25, 0.3) is 11.1 Å². The normalized spacial score (nSPS) is 15.3. The lowest BCUT2D eigenvalue weighted by Gasteiger charge is -2.34. The molecule has 1 unspecified atom stereocenters. The first-order chi connectivity index (χ1) is 16.0. The monoisotopic (exact) mass is 448 g/mol. The molecule has 0 saturated carbocycles. The molecule has 168 valence electrons. The molecule has 0 spiro atoms. The smallest absolute Gasteiger partial charge is 0.326 e. The molecule has 3 aromatic carbocycles. The number of carboxylic acid groups (broad SMARTS) is 1. The number of halogens is 1. The van der Waals surface area contributed by atoms with Gasteiger partial charge < -0.3 is 23.9 Å². The van der Waals surface area contributed by atoms with Crippen LogP contribution in [-0.2, 0) is 24.4 Å². The fourth-order valence-corrected chi connectivity index (χ4v) is 4.10. The summed E-state index contributed by atoms with van der Waals surface area (Å²) in [6, 6.07) is 16.6. The number of oxazole rings is 1. The fraction of sp³-hybridized carbons (Fsp3) is 0.200. The number of carboxylic acids is 1. The summed E-state index contributed by atoms with van der Waals surface area (Å²) in [4.78, 5) is 18.1. The van der Waals surface area contributed by atoms with Crippen molar-refractivity contribution in [2.75, 3.05) is 12.0 Å². The van der Waals surface area contributed by atoms with E-state index in [1.807, 2.05) is 36.4 Å². The molecule has 8 heteroatoms. The predicted octanol–water partition coefficient (Wildman–Crippen LogP) is 4.57. The number of methoxy groups -OCH3 is 1. The Bertz CT molecular complexity index is 1320. The van der Waals surface area contributed by atoms with E-state index in [1.54, 1.807) is 18.1 Å². The molecule has 4 aromatic rings. The minimum atomic E-state index is -1.02. The molecule has 1 aromatic heterocycles. The number of rotatable bonds is 6. The molecule has 7 nitrogen and oxygen atoms in total. The molecule has 0 bridgehead atoms. The number of ether oxygens (including phenoxy) is 2. The lowest BCUT2D eigenvalue weighted by molar-refractivity contribution is -0.138. The maximum absolute atomic E-state index is 13.6. The van der Waals surface area contributed by atoms with E-state index >= 15 is 0 Å². The highest BCUT2D eigenvalue weighted by atomic mass is 19.1. The second kappa shape index (κ2) is 8.46. The van der Waals surface area contributed by atoms with Gasteiger partial charge in [0.05, 0.1) is 7.11 Å². The number of anilines is 1. The molecule has 1 aliphatic rings. The molecule has 1 aliphatic heterocycles. The predicted molar refractivity (Wildman–Crippen MR) is 119 cm³/mol. The number of fused-ring (bicyclic) bond motifs is 2. The number of carbonyl (C=O) groups is 1. The third kappa shape index (κ3) is 3.95. The van der Waals surface area contributed by atoms with Crippen molar-refractivity contribution < 1.29 is 28.2 Å². The second-order valence-corrected chi connectivity index (χ2v) is 7.80. The zero-order chi connectivity index (χ0) is 22.9. The summed E-state index contributed by atoms with van der Waals surface area (Å²) in [6.45, 7) is 0.569. The van der Waals surface area contributed by atoms with Crippen LogP contribution in [0, 0.1) is 5.82 Å². The summed E-state index contributed by atoms with van der Waals surface area (Å²) in [5.41, 5.74) is 3.37. The second-order valence-electron chi connectivity index (χ2n) is 7.80. The molecule has 33 heavy (non-hydrogen) atoms. The number of nitrogens with zero attached hydrogens (tertiary/aromatic N) is 2. The summed E-state index contributed by atoms with van der Waals surface area (Å²) >= 11 is 0. The van der Waals surface area contributed by atoms with Gasteiger partial charge in [-0.3, -0.25) is 0 Å².